The first-order valence-corrected chi connectivity index (χ1v) is 6.45. The maximum Gasteiger partial charge on any atom is 0.0667 e. The molecular formula is C13H28N2O. The Hall–Kier alpha value is -0.120. The molecule has 1 rings (SSSR count). The highest BCUT2D eigenvalue weighted by Crippen LogP contribution is 2.43. The zero-order valence-corrected chi connectivity index (χ0v) is 11.3. The molecule has 0 spiro atoms. The van der Waals surface area contributed by atoms with Gasteiger partial charge in [0.15, 0.2) is 0 Å². The lowest BCUT2D eigenvalue weighted by Crippen LogP contribution is -2.63. The highest BCUT2D eigenvalue weighted by molar-refractivity contribution is 5.03. The van der Waals surface area contributed by atoms with Gasteiger partial charge in [0.1, 0.15) is 0 Å². The highest BCUT2D eigenvalue weighted by atomic mass is 16.5. The van der Waals surface area contributed by atoms with Crippen LogP contribution in [0.5, 0.6) is 0 Å². The molecule has 16 heavy (non-hydrogen) atoms. The van der Waals surface area contributed by atoms with Crippen LogP contribution < -0.4 is 11.1 Å². The third-order valence-corrected chi connectivity index (χ3v) is 4.43. The van der Waals surface area contributed by atoms with Gasteiger partial charge in [-0.3, -0.25) is 0 Å². The van der Waals surface area contributed by atoms with Gasteiger partial charge in [-0.1, -0.05) is 26.7 Å². The summed E-state index contributed by atoms with van der Waals surface area (Å²) >= 11 is 0. The first-order chi connectivity index (χ1) is 7.47. The van der Waals surface area contributed by atoms with Crippen LogP contribution in [0, 0.1) is 5.41 Å². The van der Waals surface area contributed by atoms with Gasteiger partial charge >= 0.3 is 0 Å². The molecule has 0 aromatic rings. The van der Waals surface area contributed by atoms with Crippen LogP contribution in [-0.4, -0.2) is 31.8 Å². The normalized spacial score (nSPS) is 31.3. The van der Waals surface area contributed by atoms with Crippen molar-refractivity contribution >= 4 is 0 Å². The summed E-state index contributed by atoms with van der Waals surface area (Å²) in [5, 5.41) is 3.68. The summed E-state index contributed by atoms with van der Waals surface area (Å²) in [6, 6.07) is 0. The van der Waals surface area contributed by atoms with E-state index in [1.807, 2.05) is 0 Å². The highest BCUT2D eigenvalue weighted by Gasteiger charge is 2.45. The Morgan fingerprint density at radius 3 is 2.44 bits per heavy atom. The summed E-state index contributed by atoms with van der Waals surface area (Å²) in [6.07, 6.45) is 5.32. The van der Waals surface area contributed by atoms with Crippen molar-refractivity contribution in [1.82, 2.24) is 5.32 Å². The van der Waals surface area contributed by atoms with Gasteiger partial charge in [0.25, 0.3) is 0 Å². The topological polar surface area (TPSA) is 47.3 Å². The SMILES string of the molecule is COC(C)CNC1(CN)CCCCC1(C)C. The lowest BCUT2D eigenvalue weighted by Gasteiger charge is -2.51. The summed E-state index contributed by atoms with van der Waals surface area (Å²) in [7, 11) is 1.76. The van der Waals surface area contributed by atoms with Gasteiger partial charge in [-0.2, -0.15) is 0 Å². The van der Waals surface area contributed by atoms with Gasteiger partial charge in [-0.05, 0) is 25.2 Å². The van der Waals surface area contributed by atoms with Gasteiger partial charge in [-0.15, -0.1) is 0 Å². The van der Waals surface area contributed by atoms with Crippen LogP contribution in [-0.2, 0) is 4.74 Å². The van der Waals surface area contributed by atoms with Crippen molar-refractivity contribution in [1.29, 1.82) is 0 Å². The van der Waals surface area contributed by atoms with Crippen LogP contribution in [0.2, 0.25) is 0 Å². The summed E-state index contributed by atoms with van der Waals surface area (Å²) in [6.45, 7) is 8.37. The predicted octanol–water partition coefficient (Wildman–Crippen LogP) is 1.91. The van der Waals surface area contributed by atoms with E-state index < -0.39 is 0 Å². The molecule has 0 bridgehead atoms. The van der Waals surface area contributed by atoms with Crippen molar-refractivity contribution in [2.45, 2.75) is 58.1 Å². The second kappa shape index (κ2) is 5.48. The fourth-order valence-electron chi connectivity index (χ4n) is 2.77. The molecule has 1 aliphatic rings. The van der Waals surface area contributed by atoms with E-state index in [1.54, 1.807) is 7.11 Å². The fraction of sp³-hybridized carbons (Fsp3) is 1.00. The Bertz CT molecular complexity index is 218. The van der Waals surface area contributed by atoms with Crippen molar-refractivity contribution in [2.24, 2.45) is 11.1 Å². The number of hydrogen-bond donors (Lipinski definition) is 2. The van der Waals surface area contributed by atoms with Crippen molar-refractivity contribution in [2.75, 3.05) is 20.2 Å². The Morgan fingerprint density at radius 2 is 1.94 bits per heavy atom. The second-order valence-corrected chi connectivity index (χ2v) is 5.80. The molecule has 3 nitrogen and oxygen atoms in total. The number of methoxy groups -OCH3 is 1. The molecule has 3 N–H and O–H groups in total. The Kier molecular flexibility index (Phi) is 4.77. The molecule has 0 heterocycles. The summed E-state index contributed by atoms with van der Waals surface area (Å²) in [5.74, 6) is 0. The van der Waals surface area contributed by atoms with E-state index in [-0.39, 0.29) is 17.1 Å². The molecule has 0 amide bonds. The number of hydrogen-bond acceptors (Lipinski definition) is 3. The molecule has 0 aromatic carbocycles. The van der Waals surface area contributed by atoms with Crippen LogP contribution >= 0.6 is 0 Å². The second-order valence-electron chi connectivity index (χ2n) is 5.80. The molecule has 0 aliphatic heterocycles. The van der Waals surface area contributed by atoms with Crippen molar-refractivity contribution < 1.29 is 4.74 Å². The van der Waals surface area contributed by atoms with E-state index in [1.165, 1.54) is 25.7 Å². The van der Waals surface area contributed by atoms with E-state index >= 15 is 0 Å². The molecule has 0 aromatic heterocycles. The lowest BCUT2D eigenvalue weighted by molar-refractivity contribution is 0.0447. The van der Waals surface area contributed by atoms with Gasteiger partial charge in [0, 0.05) is 25.7 Å². The number of nitrogens with two attached hydrogens (primary N) is 1. The average molecular weight is 228 g/mol. The van der Waals surface area contributed by atoms with Crippen molar-refractivity contribution in [3.05, 3.63) is 0 Å². The van der Waals surface area contributed by atoms with E-state index in [4.69, 9.17) is 10.5 Å². The molecule has 2 unspecified atom stereocenters. The minimum absolute atomic E-state index is 0.0953. The Morgan fingerprint density at radius 1 is 1.31 bits per heavy atom. The molecule has 1 fully saturated rings. The van der Waals surface area contributed by atoms with Crippen molar-refractivity contribution in [3.63, 3.8) is 0 Å². The molecule has 0 saturated heterocycles. The minimum atomic E-state index is 0.0953. The van der Waals surface area contributed by atoms with Crippen LogP contribution in [0.1, 0.15) is 46.5 Å². The van der Waals surface area contributed by atoms with E-state index in [0.29, 0.717) is 0 Å². The van der Waals surface area contributed by atoms with E-state index in [2.05, 4.69) is 26.1 Å². The smallest absolute Gasteiger partial charge is 0.0667 e. The molecule has 0 radical (unpaired) electrons. The molecular weight excluding hydrogens is 200 g/mol. The lowest BCUT2D eigenvalue weighted by atomic mass is 9.63. The van der Waals surface area contributed by atoms with Gasteiger partial charge in [0.2, 0.25) is 0 Å². The van der Waals surface area contributed by atoms with Gasteiger partial charge in [-0.25, -0.2) is 0 Å². The maximum atomic E-state index is 6.04. The third-order valence-electron chi connectivity index (χ3n) is 4.43. The maximum absolute atomic E-state index is 6.04. The zero-order chi connectivity index (χ0) is 12.2. The average Bonchev–Trinajstić information content (AvgIpc) is 2.27. The molecule has 2 atom stereocenters. The van der Waals surface area contributed by atoms with Crippen LogP contribution in [0.3, 0.4) is 0 Å². The third kappa shape index (κ3) is 2.76. The quantitative estimate of drug-likeness (QED) is 0.755. The summed E-state index contributed by atoms with van der Waals surface area (Å²) < 4.78 is 5.30. The van der Waals surface area contributed by atoms with E-state index in [0.717, 1.165) is 13.1 Å². The molecule has 3 heteroatoms. The summed E-state index contributed by atoms with van der Waals surface area (Å²) in [4.78, 5) is 0. The predicted molar refractivity (Wildman–Crippen MR) is 68.5 cm³/mol. The van der Waals surface area contributed by atoms with Gasteiger partial charge in [0.05, 0.1) is 6.10 Å². The first kappa shape index (κ1) is 13.9. The molecule has 1 saturated carbocycles. The van der Waals surface area contributed by atoms with Gasteiger partial charge < -0.3 is 15.8 Å². The largest absolute Gasteiger partial charge is 0.380 e. The molecule has 96 valence electrons. The Labute approximate surface area is 100 Å². The first-order valence-electron chi connectivity index (χ1n) is 6.45. The van der Waals surface area contributed by atoms with Crippen LogP contribution in [0.25, 0.3) is 0 Å². The number of ether oxygens (including phenoxy) is 1. The van der Waals surface area contributed by atoms with Crippen LogP contribution in [0.15, 0.2) is 0 Å². The van der Waals surface area contributed by atoms with Crippen LogP contribution in [0.4, 0.5) is 0 Å². The summed E-state index contributed by atoms with van der Waals surface area (Å²) in [5.41, 5.74) is 6.42. The monoisotopic (exact) mass is 228 g/mol. The zero-order valence-electron chi connectivity index (χ0n) is 11.3. The minimum Gasteiger partial charge on any atom is -0.380 e. The van der Waals surface area contributed by atoms with Crippen molar-refractivity contribution in [3.8, 4) is 0 Å². The van der Waals surface area contributed by atoms with E-state index in [9.17, 15) is 0 Å². The number of rotatable bonds is 5. The molecule has 1 aliphatic carbocycles. The standard InChI is InChI=1S/C13H28N2O/c1-11(16-4)9-15-13(10-14)8-6-5-7-12(13,2)3/h11,15H,5-10,14H2,1-4H3. The fourth-order valence-corrected chi connectivity index (χ4v) is 2.77. The Balaban J connectivity index is 2.67. The number of nitrogens with one attached hydrogen (secondary N) is 1.